The number of β-lactam (4-membered cyclic amide) rings is 1. The number of fused-ring (bicyclic) bond motifs is 1. The van der Waals surface area contributed by atoms with Crippen LogP contribution in [0.15, 0.2) is 0 Å². The molecule has 1 unspecified atom stereocenters. The van der Waals surface area contributed by atoms with Gasteiger partial charge in [-0.05, 0) is 13.8 Å². The zero-order valence-electron chi connectivity index (χ0n) is 12.8. The molecule has 0 bridgehead atoms. The molecule has 2 fully saturated rings. The summed E-state index contributed by atoms with van der Waals surface area (Å²) in [6.45, 7) is 8.58. The highest BCUT2D eigenvalue weighted by atomic mass is 32.2. The largest absolute Gasteiger partial charge is 0.480 e. The highest BCUT2D eigenvalue weighted by Gasteiger charge is 2.66. The van der Waals surface area contributed by atoms with E-state index in [1.54, 1.807) is 34.6 Å². The number of nitrogens with zero attached hydrogens (tertiary/aromatic N) is 1. The second-order valence-corrected chi connectivity index (χ2v) is 8.95. The predicted octanol–water partition coefficient (Wildman–Crippen LogP) is 0.726. The number of hydrogen-bond acceptors (Lipinski definition) is 5. The number of amides is 1. The Morgan fingerprint density at radius 3 is 2.29 bits per heavy atom. The van der Waals surface area contributed by atoms with Gasteiger partial charge in [-0.15, -0.1) is 11.8 Å². The maximum absolute atomic E-state index is 12.3. The number of thioether (sulfide) groups is 1. The van der Waals surface area contributed by atoms with Gasteiger partial charge in [0.2, 0.25) is 5.91 Å². The summed E-state index contributed by atoms with van der Waals surface area (Å²) in [5.74, 6) is -2.74. The van der Waals surface area contributed by atoms with Crippen LogP contribution in [0.25, 0.3) is 0 Å². The first-order valence-corrected chi connectivity index (χ1v) is 7.73. The molecule has 7 heteroatoms. The molecule has 21 heavy (non-hydrogen) atoms. The van der Waals surface area contributed by atoms with Crippen molar-refractivity contribution in [2.45, 2.75) is 56.9 Å². The molecule has 2 rings (SSSR count). The molecule has 4 atom stereocenters. The summed E-state index contributed by atoms with van der Waals surface area (Å²) in [6, 6.07) is -0.923. The summed E-state index contributed by atoms with van der Waals surface area (Å²) in [7, 11) is 0. The highest BCUT2D eigenvalue weighted by molar-refractivity contribution is 8.01. The van der Waals surface area contributed by atoms with E-state index in [0.717, 1.165) is 0 Å². The number of rotatable bonds is 3. The molecule has 2 saturated heterocycles. The third-order valence-electron chi connectivity index (χ3n) is 4.06. The third-order valence-corrected chi connectivity index (χ3v) is 5.66. The predicted molar refractivity (Wildman–Crippen MR) is 77.7 cm³/mol. The Balaban J connectivity index is 2.24. The molecular weight excluding hydrogens is 294 g/mol. The average molecular weight is 315 g/mol. The zero-order valence-corrected chi connectivity index (χ0v) is 13.6. The fourth-order valence-electron chi connectivity index (χ4n) is 2.94. The Kier molecular flexibility index (Phi) is 3.65. The molecule has 6 nitrogen and oxygen atoms in total. The summed E-state index contributed by atoms with van der Waals surface area (Å²) in [6.07, 6.45) is -1.38. The van der Waals surface area contributed by atoms with Gasteiger partial charge in [0.1, 0.15) is 18.1 Å². The van der Waals surface area contributed by atoms with Gasteiger partial charge in [-0.25, -0.2) is 4.79 Å². The molecule has 0 radical (unpaired) electrons. The van der Waals surface area contributed by atoms with E-state index < -0.39 is 51.3 Å². The Hall–Kier alpha value is -1.08. The van der Waals surface area contributed by atoms with E-state index in [1.807, 2.05) is 0 Å². The van der Waals surface area contributed by atoms with E-state index >= 15 is 0 Å². The second-order valence-electron chi connectivity index (χ2n) is 7.18. The molecule has 0 aromatic carbocycles. The first kappa shape index (κ1) is 16.3. The molecule has 2 N–H and O–H groups in total. The standard InChI is InChI=1S/C14H21NO5S/c1-13(2,3)9(17)7(16)6-10(18)15-8(12(19)20)14(4,5)21-11(6)15/h6-8,11,16H,1-5H3,(H,19,20)/t6-,7?,8+,11-/m1/s1. The Morgan fingerprint density at radius 2 is 1.86 bits per heavy atom. The molecule has 2 heterocycles. The lowest BCUT2D eigenvalue weighted by molar-refractivity contribution is -0.172. The van der Waals surface area contributed by atoms with Gasteiger partial charge in [0.25, 0.3) is 0 Å². The third kappa shape index (κ3) is 2.36. The molecule has 0 aromatic rings. The molecule has 0 aromatic heterocycles. The molecule has 0 aliphatic carbocycles. The van der Waals surface area contributed by atoms with Crippen LogP contribution in [0.1, 0.15) is 34.6 Å². The Labute approximate surface area is 127 Å². The van der Waals surface area contributed by atoms with Crippen LogP contribution in [0.4, 0.5) is 0 Å². The van der Waals surface area contributed by atoms with Crippen LogP contribution in [0.5, 0.6) is 0 Å². The first-order chi connectivity index (χ1) is 9.39. The SMILES string of the molecule is CC(C)(C)C(=O)C(O)[C@@H]1C(=O)N2[C@@H]1SC(C)(C)[C@@H]2C(=O)O. The minimum absolute atomic E-state index is 0.391. The number of carboxylic acids is 1. The number of carbonyl (C=O) groups excluding carboxylic acids is 2. The zero-order chi connectivity index (χ0) is 16.3. The van der Waals surface area contributed by atoms with Crippen molar-refractivity contribution in [3.63, 3.8) is 0 Å². The van der Waals surface area contributed by atoms with E-state index in [9.17, 15) is 24.6 Å². The quantitative estimate of drug-likeness (QED) is 0.745. The van der Waals surface area contributed by atoms with Crippen molar-refractivity contribution in [1.29, 1.82) is 0 Å². The van der Waals surface area contributed by atoms with Crippen molar-refractivity contribution in [1.82, 2.24) is 4.90 Å². The topological polar surface area (TPSA) is 94.9 Å². The van der Waals surface area contributed by atoms with Gasteiger partial charge in [0.05, 0.1) is 5.37 Å². The number of hydrogen-bond donors (Lipinski definition) is 2. The van der Waals surface area contributed by atoms with Crippen LogP contribution >= 0.6 is 11.8 Å². The van der Waals surface area contributed by atoms with Crippen molar-refractivity contribution >= 4 is 29.4 Å². The number of carboxylic acid groups (broad SMARTS) is 1. The van der Waals surface area contributed by atoms with Gasteiger partial charge in [-0.2, -0.15) is 0 Å². The number of aliphatic hydroxyl groups is 1. The van der Waals surface area contributed by atoms with Crippen molar-refractivity contribution in [3.05, 3.63) is 0 Å². The van der Waals surface area contributed by atoms with Crippen molar-refractivity contribution in [2.24, 2.45) is 11.3 Å². The Bertz CT molecular complexity index is 510. The number of ketones is 1. The fourth-order valence-corrected chi connectivity index (χ4v) is 4.66. The monoisotopic (exact) mass is 315 g/mol. The first-order valence-electron chi connectivity index (χ1n) is 6.85. The summed E-state index contributed by atoms with van der Waals surface area (Å²) in [5, 5.41) is 19.1. The van der Waals surface area contributed by atoms with Gasteiger partial charge in [-0.1, -0.05) is 20.8 Å². The molecule has 0 spiro atoms. The number of carbonyl (C=O) groups is 3. The van der Waals surface area contributed by atoms with Gasteiger partial charge in [-0.3, -0.25) is 9.59 Å². The van der Waals surface area contributed by atoms with E-state index in [1.165, 1.54) is 16.7 Å². The van der Waals surface area contributed by atoms with Gasteiger partial charge < -0.3 is 15.1 Å². The van der Waals surface area contributed by atoms with Crippen LogP contribution in [0.2, 0.25) is 0 Å². The van der Waals surface area contributed by atoms with Crippen molar-refractivity contribution in [3.8, 4) is 0 Å². The summed E-state index contributed by atoms with van der Waals surface area (Å²) >= 11 is 1.33. The summed E-state index contributed by atoms with van der Waals surface area (Å²) in [4.78, 5) is 37.1. The van der Waals surface area contributed by atoms with Crippen LogP contribution in [0.3, 0.4) is 0 Å². The molecular formula is C14H21NO5S. The van der Waals surface area contributed by atoms with E-state index in [0.29, 0.717) is 0 Å². The van der Waals surface area contributed by atoms with Crippen LogP contribution in [-0.4, -0.2) is 55.0 Å². The lowest BCUT2D eigenvalue weighted by atomic mass is 9.79. The van der Waals surface area contributed by atoms with Gasteiger partial charge >= 0.3 is 5.97 Å². The van der Waals surface area contributed by atoms with Gasteiger partial charge in [0, 0.05) is 10.2 Å². The highest BCUT2D eigenvalue weighted by Crippen LogP contribution is 2.54. The maximum atomic E-state index is 12.3. The Morgan fingerprint density at radius 1 is 1.33 bits per heavy atom. The summed E-state index contributed by atoms with van der Waals surface area (Å²) < 4.78 is -0.647. The van der Waals surface area contributed by atoms with Crippen LogP contribution in [0, 0.1) is 11.3 Å². The van der Waals surface area contributed by atoms with Crippen molar-refractivity contribution in [2.75, 3.05) is 0 Å². The number of Topliss-reactive ketones (excluding diaryl/α,β-unsaturated/α-hetero) is 1. The molecule has 118 valence electrons. The summed E-state index contributed by atoms with van der Waals surface area (Å²) in [5.41, 5.74) is -0.745. The maximum Gasteiger partial charge on any atom is 0.327 e. The number of aliphatic hydroxyl groups excluding tert-OH is 1. The molecule has 2 aliphatic rings. The minimum Gasteiger partial charge on any atom is -0.480 e. The second kappa shape index (κ2) is 4.71. The normalized spacial score (nSPS) is 32.4. The van der Waals surface area contributed by atoms with Crippen LogP contribution < -0.4 is 0 Å². The number of aliphatic carboxylic acids is 1. The molecule has 0 saturated carbocycles. The minimum atomic E-state index is -1.38. The lowest BCUT2D eigenvalue weighted by Crippen LogP contribution is -2.66. The van der Waals surface area contributed by atoms with Crippen LogP contribution in [-0.2, 0) is 14.4 Å². The van der Waals surface area contributed by atoms with E-state index in [4.69, 9.17) is 0 Å². The average Bonchev–Trinajstić information content (AvgIpc) is 2.55. The molecule has 2 aliphatic heterocycles. The van der Waals surface area contributed by atoms with E-state index in [2.05, 4.69) is 0 Å². The lowest BCUT2D eigenvalue weighted by Gasteiger charge is -2.45. The van der Waals surface area contributed by atoms with Crippen molar-refractivity contribution < 1.29 is 24.6 Å². The van der Waals surface area contributed by atoms with E-state index in [-0.39, 0.29) is 0 Å². The smallest absolute Gasteiger partial charge is 0.327 e. The fraction of sp³-hybridized carbons (Fsp3) is 0.786. The van der Waals surface area contributed by atoms with Gasteiger partial charge in [0.15, 0.2) is 5.78 Å². The molecule has 1 amide bonds.